The van der Waals surface area contributed by atoms with Crippen molar-refractivity contribution in [2.45, 2.75) is 51.6 Å². The van der Waals surface area contributed by atoms with Crippen LogP contribution >= 0.6 is 23.4 Å². The molecule has 0 spiro atoms. The number of carbonyl (C=O) groups is 3. The minimum absolute atomic E-state index is 0.0182. The molecule has 4 amide bonds. The van der Waals surface area contributed by atoms with Gasteiger partial charge in [0, 0.05) is 30.6 Å². The second-order valence-electron chi connectivity index (χ2n) is 9.76. The molecule has 3 aromatic carbocycles. The molecule has 0 atom stereocenters. The van der Waals surface area contributed by atoms with Gasteiger partial charge in [-0.25, -0.2) is 14.8 Å². The molecule has 0 radical (unpaired) electrons. The van der Waals surface area contributed by atoms with Crippen LogP contribution in [0.15, 0.2) is 90.2 Å². The van der Waals surface area contributed by atoms with E-state index in [0.29, 0.717) is 38.6 Å². The van der Waals surface area contributed by atoms with Gasteiger partial charge >= 0.3 is 6.03 Å². The summed E-state index contributed by atoms with van der Waals surface area (Å²) in [6.07, 6.45) is 2.97. The lowest BCUT2D eigenvalue weighted by Crippen LogP contribution is -2.51. The minimum Gasteiger partial charge on any atom is -0.288 e. The van der Waals surface area contributed by atoms with Gasteiger partial charge < -0.3 is 0 Å². The Kier molecular flexibility index (Phi) is 11.5. The van der Waals surface area contributed by atoms with E-state index >= 15 is 0 Å². The lowest BCUT2D eigenvalue weighted by atomic mass is 10.1. The number of imide groups is 1. The van der Waals surface area contributed by atoms with E-state index in [1.807, 2.05) is 50.2 Å². The highest BCUT2D eigenvalue weighted by Gasteiger charge is 2.38. The third kappa shape index (κ3) is 7.11. The molecule has 0 bridgehead atoms. The molecule has 6 rings (SSSR count). The van der Waals surface area contributed by atoms with E-state index in [1.54, 1.807) is 53.6 Å². The summed E-state index contributed by atoms with van der Waals surface area (Å²) in [7, 11) is 0. The molecule has 0 fully saturated rings. The molecule has 8 nitrogen and oxygen atoms in total. The van der Waals surface area contributed by atoms with Gasteiger partial charge in [-0.1, -0.05) is 112 Å². The van der Waals surface area contributed by atoms with Crippen molar-refractivity contribution in [1.29, 1.82) is 0 Å². The van der Waals surface area contributed by atoms with E-state index in [0.717, 1.165) is 11.1 Å². The van der Waals surface area contributed by atoms with Crippen molar-refractivity contribution in [1.82, 2.24) is 14.9 Å². The Balaban J connectivity index is 0.000000834. The average Bonchev–Trinajstić information content (AvgIpc) is 3.30. The van der Waals surface area contributed by atoms with Crippen molar-refractivity contribution in [3.05, 3.63) is 112 Å². The summed E-state index contributed by atoms with van der Waals surface area (Å²) in [5.41, 5.74) is 3.16. The van der Waals surface area contributed by atoms with Crippen molar-refractivity contribution < 1.29 is 14.4 Å². The predicted octanol–water partition coefficient (Wildman–Crippen LogP) is 8.11. The second-order valence-corrected chi connectivity index (χ2v) is 11.1. The standard InChI is InChI=1S/C29H22ClN5O3S.C3H8.C2H6/c30-23-12-6-7-13-24(23)35-17-20-16-31-28(39-18-19-8-2-1-3-9-19)32-25(20)33(29(35)38)14-15-34-26(36)21-10-4-5-11-22(21)27(34)37;1-3-2;1-2/h1-13,16H,14-15,17-18H2;3H2,1-2H3;1-2H3. The first-order valence-electron chi connectivity index (χ1n) is 14.7. The van der Waals surface area contributed by atoms with Gasteiger partial charge in [-0.15, -0.1) is 0 Å². The zero-order valence-electron chi connectivity index (χ0n) is 25.4. The van der Waals surface area contributed by atoms with Crippen LogP contribution in [0.2, 0.25) is 5.02 Å². The third-order valence-electron chi connectivity index (χ3n) is 6.64. The molecule has 1 aromatic heterocycles. The van der Waals surface area contributed by atoms with Gasteiger partial charge in [-0.05, 0) is 29.8 Å². The number of nitrogens with zero attached hydrogens (tertiary/aromatic N) is 5. The third-order valence-corrected chi connectivity index (χ3v) is 7.90. The monoisotopic (exact) mass is 629 g/mol. The number of fused-ring (bicyclic) bond motifs is 2. The zero-order chi connectivity index (χ0) is 31.6. The van der Waals surface area contributed by atoms with E-state index in [-0.39, 0.29) is 37.5 Å². The van der Waals surface area contributed by atoms with Crippen LogP contribution in [0.1, 0.15) is 66.0 Å². The summed E-state index contributed by atoms with van der Waals surface area (Å²) >= 11 is 7.92. The topological polar surface area (TPSA) is 86.7 Å². The van der Waals surface area contributed by atoms with E-state index in [2.05, 4.69) is 18.8 Å². The molecule has 0 unspecified atom stereocenters. The van der Waals surface area contributed by atoms with Gasteiger partial charge in [-0.2, -0.15) is 0 Å². The van der Waals surface area contributed by atoms with Gasteiger partial charge in [0.05, 0.1) is 28.4 Å². The Morgan fingerprint density at radius 1 is 0.795 bits per heavy atom. The molecule has 4 aromatic rings. The molecule has 0 aliphatic carbocycles. The number of halogens is 1. The number of hydrogen-bond donors (Lipinski definition) is 0. The molecule has 10 heteroatoms. The molecule has 228 valence electrons. The number of aromatic nitrogens is 2. The van der Waals surface area contributed by atoms with Gasteiger partial charge in [0.2, 0.25) is 0 Å². The zero-order valence-corrected chi connectivity index (χ0v) is 26.9. The number of rotatable bonds is 7. The summed E-state index contributed by atoms with van der Waals surface area (Å²) in [5, 5.41) is 0.966. The molecular weight excluding hydrogens is 594 g/mol. The quantitative estimate of drug-likeness (QED) is 0.117. The van der Waals surface area contributed by atoms with Crippen LogP contribution in [0.25, 0.3) is 0 Å². The fourth-order valence-electron chi connectivity index (χ4n) is 4.70. The van der Waals surface area contributed by atoms with E-state index in [9.17, 15) is 14.4 Å². The number of amides is 4. The van der Waals surface area contributed by atoms with E-state index in [1.165, 1.54) is 28.0 Å². The minimum atomic E-state index is -0.370. The summed E-state index contributed by atoms with van der Waals surface area (Å²) in [6, 6.07) is 23.5. The van der Waals surface area contributed by atoms with E-state index in [4.69, 9.17) is 16.6 Å². The van der Waals surface area contributed by atoms with Crippen LogP contribution in [0, 0.1) is 0 Å². The maximum atomic E-state index is 13.9. The number of thioether (sulfide) groups is 1. The predicted molar refractivity (Wildman–Crippen MR) is 178 cm³/mol. The number of carbonyl (C=O) groups excluding carboxylic acids is 3. The highest BCUT2D eigenvalue weighted by Crippen LogP contribution is 2.35. The lowest BCUT2D eigenvalue weighted by molar-refractivity contribution is 0.0658. The number of para-hydroxylation sites is 1. The highest BCUT2D eigenvalue weighted by atomic mass is 35.5. The molecule has 0 N–H and O–H groups in total. The maximum Gasteiger partial charge on any atom is 0.330 e. The SMILES string of the molecule is CC.CCC.O=C1c2ccccc2C(=O)N1CCN1C(=O)N(c2ccccc2Cl)Cc2cnc(SCc3ccccc3)nc21. The van der Waals surface area contributed by atoms with Crippen molar-refractivity contribution in [3.63, 3.8) is 0 Å². The van der Waals surface area contributed by atoms with Crippen molar-refractivity contribution >= 4 is 52.7 Å². The Hall–Kier alpha value is -4.21. The van der Waals surface area contributed by atoms with Gasteiger partial charge in [0.25, 0.3) is 11.8 Å². The molecule has 3 heterocycles. The van der Waals surface area contributed by atoms with Crippen LogP contribution < -0.4 is 9.80 Å². The Morgan fingerprint density at radius 2 is 1.36 bits per heavy atom. The fraction of sp³-hybridized carbons (Fsp3) is 0.265. The Labute approximate surface area is 268 Å². The summed E-state index contributed by atoms with van der Waals surface area (Å²) in [4.78, 5) is 53.3. The second kappa shape index (κ2) is 15.5. The number of urea groups is 1. The van der Waals surface area contributed by atoms with E-state index < -0.39 is 0 Å². The van der Waals surface area contributed by atoms with Crippen LogP contribution in [0.5, 0.6) is 0 Å². The molecular formula is C34H36ClN5O3S. The normalized spacial score (nSPS) is 13.5. The smallest absolute Gasteiger partial charge is 0.288 e. The first-order chi connectivity index (χ1) is 21.4. The number of anilines is 2. The Morgan fingerprint density at radius 3 is 2.00 bits per heavy atom. The molecule has 0 saturated heterocycles. The maximum absolute atomic E-state index is 13.9. The Bertz CT molecular complexity index is 1580. The molecule has 44 heavy (non-hydrogen) atoms. The summed E-state index contributed by atoms with van der Waals surface area (Å²) in [5.74, 6) is 0.398. The fourth-order valence-corrected chi connectivity index (χ4v) is 5.70. The van der Waals surface area contributed by atoms with Gasteiger partial charge in [-0.3, -0.25) is 24.3 Å². The first kappa shape index (κ1) is 32.7. The highest BCUT2D eigenvalue weighted by molar-refractivity contribution is 7.98. The van der Waals surface area contributed by atoms with Gasteiger partial charge in [0.15, 0.2) is 5.16 Å². The number of hydrogen-bond acceptors (Lipinski definition) is 6. The largest absolute Gasteiger partial charge is 0.330 e. The van der Waals surface area contributed by atoms with Crippen molar-refractivity contribution in [3.8, 4) is 0 Å². The van der Waals surface area contributed by atoms with Crippen LogP contribution in [0.3, 0.4) is 0 Å². The number of benzene rings is 3. The molecule has 0 saturated carbocycles. The first-order valence-corrected chi connectivity index (χ1v) is 16.1. The molecule has 2 aliphatic heterocycles. The van der Waals surface area contributed by atoms with Crippen molar-refractivity contribution in [2.75, 3.05) is 22.9 Å². The van der Waals surface area contributed by atoms with Crippen LogP contribution in [0.4, 0.5) is 16.3 Å². The lowest BCUT2D eigenvalue weighted by Gasteiger charge is -2.37. The van der Waals surface area contributed by atoms with Crippen molar-refractivity contribution in [2.24, 2.45) is 0 Å². The molecule has 2 aliphatic rings. The van der Waals surface area contributed by atoms with Crippen LogP contribution in [-0.2, 0) is 12.3 Å². The van der Waals surface area contributed by atoms with Gasteiger partial charge in [0.1, 0.15) is 5.82 Å². The average molecular weight is 630 g/mol. The summed E-state index contributed by atoms with van der Waals surface area (Å²) < 4.78 is 0. The summed E-state index contributed by atoms with van der Waals surface area (Å²) in [6.45, 7) is 8.58. The van der Waals surface area contributed by atoms with Crippen LogP contribution in [-0.4, -0.2) is 45.8 Å².